The number of likely N-dealkylation sites (N-methyl/N-ethyl adjacent to an activating group) is 1. The molecule has 96 valence electrons. The zero-order valence-corrected chi connectivity index (χ0v) is 11.1. The molecule has 2 N–H and O–H groups in total. The molecule has 0 amide bonds. The quantitative estimate of drug-likeness (QED) is 0.789. The van der Waals surface area contributed by atoms with Crippen LogP contribution in [0.3, 0.4) is 0 Å². The Labute approximate surface area is 105 Å². The number of nitrogens with two attached hydrogens (primary N) is 1. The topological polar surface area (TPSA) is 38.5 Å². The number of rotatable bonds is 7. The van der Waals surface area contributed by atoms with Crippen molar-refractivity contribution >= 4 is 5.69 Å². The molecule has 1 unspecified atom stereocenters. The molecule has 1 aromatic rings. The summed E-state index contributed by atoms with van der Waals surface area (Å²) in [5, 5.41) is 0. The average molecular weight is 236 g/mol. The van der Waals surface area contributed by atoms with Gasteiger partial charge in [-0.25, -0.2) is 0 Å². The van der Waals surface area contributed by atoms with Gasteiger partial charge in [0.15, 0.2) is 0 Å². The highest BCUT2D eigenvalue weighted by molar-refractivity contribution is 5.49. The number of methoxy groups -OCH3 is 1. The summed E-state index contributed by atoms with van der Waals surface area (Å²) in [6.07, 6.45) is 0.972. The minimum Gasteiger partial charge on any atom is -0.382 e. The molecule has 0 saturated heterocycles. The van der Waals surface area contributed by atoms with Gasteiger partial charge in [-0.2, -0.15) is 0 Å². The molecule has 1 atom stereocenters. The fourth-order valence-electron chi connectivity index (χ4n) is 2.35. The fraction of sp³-hybridized carbons (Fsp3) is 0.571. The van der Waals surface area contributed by atoms with Gasteiger partial charge in [-0.15, -0.1) is 0 Å². The third kappa shape index (κ3) is 2.99. The maximum Gasteiger partial charge on any atom is 0.0753 e. The van der Waals surface area contributed by atoms with Crippen LogP contribution >= 0.6 is 0 Å². The molecule has 0 heterocycles. The summed E-state index contributed by atoms with van der Waals surface area (Å²) >= 11 is 0. The molecule has 1 aromatic carbocycles. The van der Waals surface area contributed by atoms with E-state index in [4.69, 9.17) is 10.5 Å². The van der Waals surface area contributed by atoms with Gasteiger partial charge in [0.05, 0.1) is 12.1 Å². The molecule has 0 aliphatic carbocycles. The van der Waals surface area contributed by atoms with Crippen LogP contribution in [0.5, 0.6) is 0 Å². The van der Waals surface area contributed by atoms with Gasteiger partial charge in [-0.1, -0.05) is 25.1 Å². The van der Waals surface area contributed by atoms with E-state index in [2.05, 4.69) is 43.0 Å². The van der Waals surface area contributed by atoms with E-state index in [1.807, 2.05) is 6.07 Å². The van der Waals surface area contributed by atoms with Crippen molar-refractivity contribution in [2.24, 2.45) is 5.73 Å². The van der Waals surface area contributed by atoms with E-state index >= 15 is 0 Å². The Morgan fingerprint density at radius 2 is 1.88 bits per heavy atom. The van der Waals surface area contributed by atoms with Crippen LogP contribution in [0.2, 0.25) is 0 Å². The van der Waals surface area contributed by atoms with Crippen molar-refractivity contribution in [2.45, 2.75) is 25.8 Å². The predicted octanol–water partition coefficient (Wildman–Crippen LogP) is 2.27. The second-order valence-electron chi connectivity index (χ2n) is 4.29. The van der Waals surface area contributed by atoms with Gasteiger partial charge < -0.3 is 15.4 Å². The van der Waals surface area contributed by atoms with Crippen molar-refractivity contribution < 1.29 is 4.74 Å². The molecule has 0 aliphatic heterocycles. The van der Waals surface area contributed by atoms with Gasteiger partial charge in [0, 0.05) is 25.9 Å². The number of hydrogen-bond acceptors (Lipinski definition) is 3. The van der Waals surface area contributed by atoms with Crippen molar-refractivity contribution in [2.75, 3.05) is 31.7 Å². The predicted molar refractivity (Wildman–Crippen MR) is 73.4 cm³/mol. The second-order valence-corrected chi connectivity index (χ2v) is 4.29. The number of ether oxygens (including phenoxy) is 1. The minimum absolute atomic E-state index is 0.106. The van der Waals surface area contributed by atoms with E-state index in [1.54, 1.807) is 7.11 Å². The Hall–Kier alpha value is -1.06. The van der Waals surface area contributed by atoms with Gasteiger partial charge in [0.2, 0.25) is 0 Å². The zero-order valence-electron chi connectivity index (χ0n) is 11.1. The van der Waals surface area contributed by atoms with Gasteiger partial charge in [-0.3, -0.25) is 0 Å². The summed E-state index contributed by atoms with van der Waals surface area (Å²) in [7, 11) is 1.74. The Morgan fingerprint density at radius 3 is 2.29 bits per heavy atom. The largest absolute Gasteiger partial charge is 0.382 e. The molecule has 0 spiro atoms. The molecule has 3 heteroatoms. The number of para-hydroxylation sites is 1. The molecule has 0 radical (unpaired) electrons. The van der Waals surface area contributed by atoms with Gasteiger partial charge >= 0.3 is 0 Å². The van der Waals surface area contributed by atoms with Crippen LogP contribution in [-0.2, 0) is 4.74 Å². The van der Waals surface area contributed by atoms with E-state index < -0.39 is 0 Å². The molecular formula is C14H24N2O. The molecule has 0 aromatic heterocycles. The SMILES string of the molecule is CCN(c1ccccc1)C(CC)(CN)COC. The lowest BCUT2D eigenvalue weighted by molar-refractivity contribution is 0.127. The van der Waals surface area contributed by atoms with Crippen LogP contribution in [0.25, 0.3) is 0 Å². The first-order chi connectivity index (χ1) is 8.24. The van der Waals surface area contributed by atoms with Crippen LogP contribution in [0.15, 0.2) is 30.3 Å². The van der Waals surface area contributed by atoms with E-state index in [-0.39, 0.29) is 5.54 Å². The van der Waals surface area contributed by atoms with Crippen molar-refractivity contribution in [3.63, 3.8) is 0 Å². The first-order valence-electron chi connectivity index (χ1n) is 6.25. The number of benzene rings is 1. The van der Waals surface area contributed by atoms with Crippen LogP contribution in [0.1, 0.15) is 20.3 Å². The monoisotopic (exact) mass is 236 g/mol. The van der Waals surface area contributed by atoms with Crippen molar-refractivity contribution in [1.29, 1.82) is 0 Å². The van der Waals surface area contributed by atoms with Crippen LogP contribution in [0.4, 0.5) is 5.69 Å². The Kier molecular flexibility index (Phi) is 5.45. The lowest BCUT2D eigenvalue weighted by atomic mass is 9.94. The smallest absolute Gasteiger partial charge is 0.0753 e. The van der Waals surface area contributed by atoms with E-state index in [1.165, 1.54) is 5.69 Å². The highest BCUT2D eigenvalue weighted by Crippen LogP contribution is 2.26. The molecule has 0 saturated carbocycles. The molecule has 0 fully saturated rings. The first kappa shape index (κ1) is 14.0. The van der Waals surface area contributed by atoms with Crippen molar-refractivity contribution in [3.05, 3.63) is 30.3 Å². The summed E-state index contributed by atoms with van der Waals surface area (Å²) in [5.74, 6) is 0. The normalized spacial score (nSPS) is 14.4. The van der Waals surface area contributed by atoms with Crippen molar-refractivity contribution in [1.82, 2.24) is 0 Å². The van der Waals surface area contributed by atoms with Crippen LogP contribution in [-0.4, -0.2) is 32.3 Å². The minimum atomic E-state index is -0.106. The number of anilines is 1. The molecule has 1 rings (SSSR count). The lowest BCUT2D eigenvalue weighted by Gasteiger charge is -2.43. The van der Waals surface area contributed by atoms with E-state index in [9.17, 15) is 0 Å². The molecule has 3 nitrogen and oxygen atoms in total. The molecular weight excluding hydrogens is 212 g/mol. The lowest BCUT2D eigenvalue weighted by Crippen LogP contribution is -2.57. The molecule has 17 heavy (non-hydrogen) atoms. The summed E-state index contributed by atoms with van der Waals surface area (Å²) in [4.78, 5) is 2.34. The van der Waals surface area contributed by atoms with Crippen molar-refractivity contribution in [3.8, 4) is 0 Å². The first-order valence-corrected chi connectivity index (χ1v) is 6.25. The maximum atomic E-state index is 6.00. The fourth-order valence-corrected chi connectivity index (χ4v) is 2.35. The zero-order chi connectivity index (χ0) is 12.7. The summed E-state index contributed by atoms with van der Waals surface area (Å²) < 4.78 is 5.37. The van der Waals surface area contributed by atoms with Gasteiger partial charge in [-0.05, 0) is 25.5 Å². The van der Waals surface area contributed by atoms with E-state index in [0.29, 0.717) is 13.2 Å². The maximum absolute atomic E-state index is 6.00. The Morgan fingerprint density at radius 1 is 1.24 bits per heavy atom. The van der Waals surface area contributed by atoms with Gasteiger partial charge in [0.25, 0.3) is 0 Å². The second kappa shape index (κ2) is 6.62. The highest BCUT2D eigenvalue weighted by Gasteiger charge is 2.33. The van der Waals surface area contributed by atoms with Gasteiger partial charge in [0.1, 0.15) is 0 Å². The Bertz CT molecular complexity index is 309. The third-order valence-electron chi connectivity index (χ3n) is 3.41. The molecule has 0 aliphatic rings. The third-order valence-corrected chi connectivity index (χ3v) is 3.41. The number of nitrogens with zero attached hydrogens (tertiary/aromatic N) is 1. The number of hydrogen-bond donors (Lipinski definition) is 1. The molecule has 0 bridgehead atoms. The summed E-state index contributed by atoms with van der Waals surface area (Å²) in [6.45, 7) is 6.50. The highest BCUT2D eigenvalue weighted by atomic mass is 16.5. The summed E-state index contributed by atoms with van der Waals surface area (Å²) in [6, 6.07) is 10.4. The van der Waals surface area contributed by atoms with Crippen LogP contribution < -0.4 is 10.6 Å². The van der Waals surface area contributed by atoms with E-state index in [0.717, 1.165) is 13.0 Å². The average Bonchev–Trinajstić information content (AvgIpc) is 2.39. The standard InChI is InChI=1S/C14H24N2O/c1-4-14(11-15,12-17-3)16(5-2)13-9-7-6-8-10-13/h6-10H,4-5,11-12,15H2,1-3H3. The van der Waals surface area contributed by atoms with Crippen LogP contribution in [0, 0.1) is 0 Å². The summed E-state index contributed by atoms with van der Waals surface area (Å²) in [5.41, 5.74) is 7.10. The Balaban J connectivity index is 3.05.